The highest BCUT2D eigenvalue weighted by Crippen LogP contribution is 2.27. The minimum absolute atomic E-state index is 0.0615. The zero-order chi connectivity index (χ0) is 16.0. The molecule has 1 aliphatic carbocycles. The van der Waals surface area contributed by atoms with E-state index in [1.165, 1.54) is 6.92 Å². The predicted molar refractivity (Wildman–Crippen MR) is 79.7 cm³/mol. The SMILES string of the molecule is CCC(CC)O[C@@H]1C=C(C(=O)O)C[C@H](N)[C@H]1CNC(C)=O. The first-order valence-electron chi connectivity index (χ1n) is 7.48. The molecule has 6 nitrogen and oxygen atoms in total. The number of aliphatic carboxylic acids is 1. The molecule has 0 bridgehead atoms. The fourth-order valence-corrected chi connectivity index (χ4v) is 2.57. The fourth-order valence-electron chi connectivity index (χ4n) is 2.57. The molecule has 0 aromatic carbocycles. The van der Waals surface area contributed by atoms with Gasteiger partial charge in [0, 0.05) is 31.0 Å². The lowest BCUT2D eigenvalue weighted by atomic mass is 9.82. The van der Waals surface area contributed by atoms with Gasteiger partial charge in [-0.1, -0.05) is 13.8 Å². The van der Waals surface area contributed by atoms with Crippen LogP contribution in [0.4, 0.5) is 0 Å². The van der Waals surface area contributed by atoms with Crippen LogP contribution >= 0.6 is 0 Å². The number of nitrogens with one attached hydrogen (secondary N) is 1. The van der Waals surface area contributed by atoms with Crippen molar-refractivity contribution in [3.63, 3.8) is 0 Å². The molecule has 1 rings (SSSR count). The van der Waals surface area contributed by atoms with Crippen molar-refractivity contribution in [3.8, 4) is 0 Å². The van der Waals surface area contributed by atoms with Crippen molar-refractivity contribution in [2.24, 2.45) is 11.7 Å². The summed E-state index contributed by atoms with van der Waals surface area (Å²) >= 11 is 0. The number of carbonyl (C=O) groups excluding carboxylic acids is 1. The van der Waals surface area contributed by atoms with E-state index in [4.69, 9.17) is 10.5 Å². The molecule has 0 aromatic heterocycles. The van der Waals surface area contributed by atoms with Gasteiger partial charge in [-0.05, 0) is 25.3 Å². The van der Waals surface area contributed by atoms with Crippen LogP contribution in [0.15, 0.2) is 11.6 Å². The molecule has 4 N–H and O–H groups in total. The van der Waals surface area contributed by atoms with Crippen LogP contribution in [-0.4, -0.2) is 41.8 Å². The van der Waals surface area contributed by atoms with Crippen LogP contribution in [0.2, 0.25) is 0 Å². The Morgan fingerprint density at radius 1 is 1.48 bits per heavy atom. The zero-order valence-corrected chi connectivity index (χ0v) is 13.0. The quantitative estimate of drug-likeness (QED) is 0.652. The number of amides is 1. The zero-order valence-electron chi connectivity index (χ0n) is 13.0. The second kappa shape index (κ2) is 8.14. The van der Waals surface area contributed by atoms with Crippen molar-refractivity contribution in [1.29, 1.82) is 0 Å². The smallest absolute Gasteiger partial charge is 0.331 e. The summed E-state index contributed by atoms with van der Waals surface area (Å²) in [5.41, 5.74) is 6.40. The van der Waals surface area contributed by atoms with Crippen LogP contribution in [-0.2, 0) is 14.3 Å². The van der Waals surface area contributed by atoms with Crippen LogP contribution in [0.1, 0.15) is 40.0 Å². The maximum Gasteiger partial charge on any atom is 0.331 e. The number of nitrogens with two attached hydrogens (primary N) is 1. The van der Waals surface area contributed by atoms with E-state index in [9.17, 15) is 14.7 Å². The van der Waals surface area contributed by atoms with Gasteiger partial charge in [-0.15, -0.1) is 0 Å². The Morgan fingerprint density at radius 2 is 2.10 bits per heavy atom. The molecule has 0 aliphatic heterocycles. The highest BCUT2D eigenvalue weighted by molar-refractivity contribution is 5.87. The van der Waals surface area contributed by atoms with Gasteiger partial charge in [0.05, 0.1) is 12.2 Å². The lowest BCUT2D eigenvalue weighted by Crippen LogP contribution is -2.49. The van der Waals surface area contributed by atoms with E-state index in [1.54, 1.807) is 6.08 Å². The second-order valence-electron chi connectivity index (χ2n) is 5.51. The summed E-state index contributed by atoms with van der Waals surface area (Å²) in [6.07, 6.45) is 3.33. The van der Waals surface area contributed by atoms with Gasteiger partial charge >= 0.3 is 5.97 Å². The Balaban J connectivity index is 2.91. The fraction of sp³-hybridized carbons (Fsp3) is 0.733. The Morgan fingerprint density at radius 3 is 2.57 bits per heavy atom. The summed E-state index contributed by atoms with van der Waals surface area (Å²) in [4.78, 5) is 22.3. The molecule has 3 atom stereocenters. The molecule has 0 saturated heterocycles. The standard InChI is InChI=1S/C15H26N2O4/c1-4-11(5-2)21-14-7-10(15(19)20)6-13(16)12(14)8-17-9(3)18/h7,11-14H,4-6,8,16H2,1-3H3,(H,17,18)(H,19,20)/t12-,13+,14-/m1/s1. The molecule has 6 heteroatoms. The molecule has 0 fully saturated rings. The Hall–Kier alpha value is -1.40. The van der Waals surface area contributed by atoms with Gasteiger partial charge in [0.25, 0.3) is 0 Å². The van der Waals surface area contributed by atoms with Crippen LogP contribution in [0.3, 0.4) is 0 Å². The average Bonchev–Trinajstić information content (AvgIpc) is 2.42. The third-order valence-corrected chi connectivity index (χ3v) is 3.91. The van der Waals surface area contributed by atoms with E-state index in [0.29, 0.717) is 13.0 Å². The minimum atomic E-state index is -0.957. The number of carboxylic acid groups (broad SMARTS) is 1. The summed E-state index contributed by atoms with van der Waals surface area (Å²) in [6.45, 7) is 5.90. The second-order valence-corrected chi connectivity index (χ2v) is 5.51. The molecule has 120 valence electrons. The number of hydrogen-bond acceptors (Lipinski definition) is 4. The Labute approximate surface area is 125 Å². The van der Waals surface area contributed by atoms with Crippen LogP contribution < -0.4 is 11.1 Å². The molecule has 1 amide bonds. The van der Waals surface area contributed by atoms with E-state index in [1.807, 2.05) is 13.8 Å². The van der Waals surface area contributed by atoms with Crippen molar-refractivity contribution in [2.45, 2.75) is 58.3 Å². The van der Waals surface area contributed by atoms with Gasteiger partial charge in [-0.25, -0.2) is 4.79 Å². The predicted octanol–water partition coefficient (Wildman–Crippen LogP) is 1.05. The maximum absolute atomic E-state index is 11.2. The van der Waals surface area contributed by atoms with Crippen LogP contribution in [0, 0.1) is 5.92 Å². The third kappa shape index (κ3) is 5.13. The van der Waals surface area contributed by atoms with Gasteiger partial charge in [0.2, 0.25) is 5.91 Å². The highest BCUT2D eigenvalue weighted by Gasteiger charge is 2.34. The number of ether oxygens (including phenoxy) is 1. The molecule has 0 unspecified atom stereocenters. The van der Waals surface area contributed by atoms with Gasteiger partial charge in [-0.3, -0.25) is 4.79 Å². The first-order chi connectivity index (χ1) is 9.88. The number of carboxylic acids is 1. The topological polar surface area (TPSA) is 102 Å². The molecule has 1 aliphatic rings. The van der Waals surface area contributed by atoms with E-state index in [-0.39, 0.29) is 35.6 Å². The van der Waals surface area contributed by atoms with Crippen molar-refractivity contribution in [2.75, 3.05) is 6.54 Å². The van der Waals surface area contributed by atoms with E-state index in [2.05, 4.69) is 5.32 Å². The molecule has 0 radical (unpaired) electrons. The van der Waals surface area contributed by atoms with Crippen LogP contribution in [0.5, 0.6) is 0 Å². The van der Waals surface area contributed by atoms with Gasteiger partial charge in [-0.2, -0.15) is 0 Å². The molecule has 0 aromatic rings. The van der Waals surface area contributed by atoms with Crippen molar-refractivity contribution < 1.29 is 19.4 Å². The number of rotatable bonds is 7. The summed E-state index contributed by atoms with van der Waals surface area (Å²) in [6, 6.07) is -0.340. The average molecular weight is 298 g/mol. The van der Waals surface area contributed by atoms with Gasteiger partial charge in [0.15, 0.2) is 0 Å². The first-order valence-corrected chi connectivity index (χ1v) is 7.48. The molecule has 0 heterocycles. The molecular formula is C15H26N2O4. The number of hydrogen-bond donors (Lipinski definition) is 3. The van der Waals surface area contributed by atoms with E-state index >= 15 is 0 Å². The molecule has 21 heavy (non-hydrogen) atoms. The molecule has 0 spiro atoms. The van der Waals surface area contributed by atoms with E-state index in [0.717, 1.165) is 12.8 Å². The van der Waals surface area contributed by atoms with Crippen molar-refractivity contribution in [3.05, 3.63) is 11.6 Å². The van der Waals surface area contributed by atoms with Crippen molar-refractivity contribution >= 4 is 11.9 Å². The lowest BCUT2D eigenvalue weighted by molar-refractivity contribution is -0.133. The highest BCUT2D eigenvalue weighted by atomic mass is 16.5. The summed E-state index contributed by atoms with van der Waals surface area (Å²) in [5.74, 6) is -1.20. The monoisotopic (exact) mass is 298 g/mol. The van der Waals surface area contributed by atoms with E-state index < -0.39 is 5.97 Å². The third-order valence-electron chi connectivity index (χ3n) is 3.91. The Bertz CT molecular complexity index is 404. The lowest BCUT2D eigenvalue weighted by Gasteiger charge is -2.36. The number of carbonyl (C=O) groups is 2. The summed E-state index contributed by atoms with van der Waals surface area (Å²) in [5, 5.41) is 11.9. The van der Waals surface area contributed by atoms with Crippen LogP contribution in [0.25, 0.3) is 0 Å². The maximum atomic E-state index is 11.2. The van der Waals surface area contributed by atoms with Gasteiger partial charge in [0.1, 0.15) is 0 Å². The first kappa shape index (κ1) is 17.7. The minimum Gasteiger partial charge on any atom is -0.478 e. The molecular weight excluding hydrogens is 272 g/mol. The van der Waals surface area contributed by atoms with Gasteiger partial charge < -0.3 is 20.9 Å². The Kier molecular flexibility index (Phi) is 6.84. The normalized spacial score (nSPS) is 25.6. The van der Waals surface area contributed by atoms with Crippen molar-refractivity contribution in [1.82, 2.24) is 5.32 Å². The largest absolute Gasteiger partial charge is 0.478 e. The summed E-state index contributed by atoms with van der Waals surface area (Å²) < 4.78 is 6.01. The summed E-state index contributed by atoms with van der Waals surface area (Å²) in [7, 11) is 0. The molecule has 0 saturated carbocycles.